The van der Waals surface area contributed by atoms with Gasteiger partial charge in [-0.2, -0.15) is 4.98 Å². The second kappa shape index (κ2) is 7.48. The van der Waals surface area contributed by atoms with Crippen molar-refractivity contribution in [2.45, 2.75) is 62.0 Å². The van der Waals surface area contributed by atoms with Gasteiger partial charge in [0.15, 0.2) is 16.0 Å². The Bertz CT molecular complexity index is 790. The molecular formula is C17H26FN7S2. The summed E-state index contributed by atoms with van der Waals surface area (Å²) in [6.07, 6.45) is 4.91. The highest BCUT2D eigenvalue weighted by Crippen LogP contribution is 2.38. The topological polar surface area (TPSA) is 78.9 Å². The van der Waals surface area contributed by atoms with Crippen LogP contribution in [0.4, 0.5) is 21.3 Å². The molecule has 0 unspecified atom stereocenters. The lowest BCUT2D eigenvalue weighted by Gasteiger charge is -2.53. The summed E-state index contributed by atoms with van der Waals surface area (Å²) in [6, 6.07) is 0.119. The quantitative estimate of drug-likeness (QED) is 0.715. The van der Waals surface area contributed by atoms with Crippen LogP contribution in [0.1, 0.15) is 40.5 Å². The summed E-state index contributed by atoms with van der Waals surface area (Å²) < 4.78 is 15.2. The molecule has 0 amide bonds. The minimum Gasteiger partial charge on any atom is -0.365 e. The molecule has 10 heteroatoms. The first-order valence-corrected chi connectivity index (χ1v) is 10.8. The molecule has 3 heterocycles. The lowest BCUT2D eigenvalue weighted by atomic mass is 9.77. The normalized spacial score (nSPS) is 19.8. The molecule has 2 N–H and O–H groups in total. The minimum atomic E-state index is -0.461. The van der Waals surface area contributed by atoms with Crippen LogP contribution in [-0.2, 0) is 0 Å². The molecule has 0 spiro atoms. The molecule has 1 saturated heterocycles. The van der Waals surface area contributed by atoms with Gasteiger partial charge in [-0.1, -0.05) is 23.1 Å². The predicted octanol–water partition coefficient (Wildman–Crippen LogP) is 4.00. The van der Waals surface area contributed by atoms with Gasteiger partial charge in [-0.15, -0.1) is 10.2 Å². The summed E-state index contributed by atoms with van der Waals surface area (Å²) in [5, 5.41) is 14.9. The molecule has 1 aliphatic rings. The Hall–Kier alpha value is -1.52. The molecule has 3 rings (SSSR count). The molecule has 1 fully saturated rings. The van der Waals surface area contributed by atoms with E-state index in [0.717, 1.165) is 17.2 Å². The molecule has 148 valence electrons. The van der Waals surface area contributed by atoms with Gasteiger partial charge in [0.05, 0.1) is 6.20 Å². The molecule has 2 aromatic heterocycles. The van der Waals surface area contributed by atoms with Crippen LogP contribution in [-0.4, -0.2) is 55.5 Å². The van der Waals surface area contributed by atoms with Crippen LogP contribution >= 0.6 is 23.1 Å². The number of likely N-dealkylation sites (tertiary alicyclic amines) is 1. The monoisotopic (exact) mass is 411 g/mol. The van der Waals surface area contributed by atoms with Crippen LogP contribution in [0.3, 0.4) is 0 Å². The third kappa shape index (κ3) is 4.49. The standard InChI is InChI=1S/C17H26FN7S2/c1-16(2)7-10(8-17(3,4)25(16)5)20-12-11(18)9-19-13(21-12)22-14-23-24-15(26-6)27-14/h9-10H,7-8H2,1-6H3,(H2,19,20,21,22,23). The lowest BCUT2D eigenvalue weighted by Crippen LogP contribution is -2.61. The first kappa shape index (κ1) is 20.2. The number of rotatable bonds is 5. The molecule has 0 saturated carbocycles. The Balaban J connectivity index is 1.76. The maximum Gasteiger partial charge on any atom is 0.231 e. The second-order valence-corrected chi connectivity index (χ2v) is 10.1. The highest BCUT2D eigenvalue weighted by Gasteiger charge is 2.43. The van der Waals surface area contributed by atoms with Crippen molar-refractivity contribution < 1.29 is 4.39 Å². The second-order valence-electron chi connectivity index (χ2n) is 8.03. The van der Waals surface area contributed by atoms with Crippen molar-refractivity contribution >= 4 is 40.0 Å². The zero-order valence-corrected chi connectivity index (χ0v) is 18.1. The fourth-order valence-electron chi connectivity index (χ4n) is 3.63. The first-order chi connectivity index (χ1) is 12.6. The van der Waals surface area contributed by atoms with E-state index in [1.54, 1.807) is 0 Å². The van der Waals surface area contributed by atoms with Crippen LogP contribution in [0, 0.1) is 5.82 Å². The van der Waals surface area contributed by atoms with Crippen molar-refractivity contribution in [1.29, 1.82) is 0 Å². The Morgan fingerprint density at radius 3 is 2.48 bits per heavy atom. The van der Waals surface area contributed by atoms with Crippen molar-refractivity contribution in [3.8, 4) is 0 Å². The fourth-order valence-corrected chi connectivity index (χ4v) is 4.80. The van der Waals surface area contributed by atoms with Crippen LogP contribution in [0.15, 0.2) is 10.5 Å². The van der Waals surface area contributed by atoms with Gasteiger partial charge < -0.3 is 5.32 Å². The molecular weight excluding hydrogens is 385 g/mol. The molecule has 0 aromatic carbocycles. The Morgan fingerprint density at radius 1 is 1.22 bits per heavy atom. The number of anilines is 3. The van der Waals surface area contributed by atoms with E-state index in [1.165, 1.54) is 29.3 Å². The van der Waals surface area contributed by atoms with E-state index in [1.807, 2.05) is 6.26 Å². The van der Waals surface area contributed by atoms with E-state index >= 15 is 0 Å². The van der Waals surface area contributed by atoms with Gasteiger partial charge in [0.1, 0.15) is 0 Å². The van der Waals surface area contributed by atoms with Crippen molar-refractivity contribution in [2.24, 2.45) is 0 Å². The molecule has 2 aromatic rings. The largest absolute Gasteiger partial charge is 0.365 e. The summed E-state index contributed by atoms with van der Waals surface area (Å²) in [5.41, 5.74) is 0.00949. The third-order valence-electron chi connectivity index (χ3n) is 5.19. The zero-order valence-electron chi connectivity index (χ0n) is 16.5. The van der Waals surface area contributed by atoms with Crippen molar-refractivity contribution in [1.82, 2.24) is 25.1 Å². The van der Waals surface area contributed by atoms with E-state index in [-0.39, 0.29) is 22.9 Å². The number of hydrogen-bond acceptors (Lipinski definition) is 9. The smallest absolute Gasteiger partial charge is 0.231 e. The summed E-state index contributed by atoms with van der Waals surface area (Å²) in [4.78, 5) is 10.7. The number of aromatic nitrogens is 4. The summed E-state index contributed by atoms with van der Waals surface area (Å²) in [7, 11) is 2.15. The number of halogens is 1. The van der Waals surface area contributed by atoms with Crippen molar-refractivity contribution in [3.63, 3.8) is 0 Å². The number of hydrogen-bond donors (Lipinski definition) is 2. The van der Waals surface area contributed by atoms with Crippen LogP contribution < -0.4 is 10.6 Å². The first-order valence-electron chi connectivity index (χ1n) is 8.78. The maximum absolute atomic E-state index is 14.3. The molecule has 27 heavy (non-hydrogen) atoms. The molecule has 1 aliphatic heterocycles. The van der Waals surface area contributed by atoms with Gasteiger partial charge in [-0.25, -0.2) is 9.37 Å². The Morgan fingerprint density at radius 2 is 1.89 bits per heavy atom. The van der Waals surface area contributed by atoms with E-state index in [4.69, 9.17) is 0 Å². The Labute approximate surface area is 167 Å². The summed E-state index contributed by atoms with van der Waals surface area (Å²) in [6.45, 7) is 8.85. The highest BCUT2D eigenvalue weighted by atomic mass is 32.2. The average molecular weight is 412 g/mol. The van der Waals surface area contributed by atoms with Crippen LogP contribution in [0.2, 0.25) is 0 Å². The van der Waals surface area contributed by atoms with Gasteiger partial charge in [0.25, 0.3) is 0 Å². The Kier molecular flexibility index (Phi) is 5.60. The third-order valence-corrected chi connectivity index (χ3v) is 7.01. The number of thioether (sulfide) groups is 1. The highest BCUT2D eigenvalue weighted by molar-refractivity contribution is 8.00. The number of nitrogens with zero attached hydrogens (tertiary/aromatic N) is 5. The molecule has 0 bridgehead atoms. The number of nitrogens with one attached hydrogen (secondary N) is 2. The van der Waals surface area contributed by atoms with Gasteiger partial charge in [0, 0.05) is 17.1 Å². The van der Waals surface area contributed by atoms with Crippen LogP contribution in [0.25, 0.3) is 0 Å². The lowest BCUT2D eigenvalue weighted by molar-refractivity contribution is -0.00778. The summed E-state index contributed by atoms with van der Waals surface area (Å²) in [5.74, 6) is 0.0505. The molecule has 0 radical (unpaired) electrons. The zero-order chi connectivity index (χ0) is 19.8. The molecule has 0 aliphatic carbocycles. The van der Waals surface area contributed by atoms with Gasteiger partial charge in [0.2, 0.25) is 11.1 Å². The van der Waals surface area contributed by atoms with Crippen molar-refractivity contribution in [3.05, 3.63) is 12.0 Å². The molecule has 7 nitrogen and oxygen atoms in total. The minimum absolute atomic E-state index is 0.00474. The van der Waals surface area contributed by atoms with E-state index in [2.05, 4.69) is 70.4 Å². The van der Waals surface area contributed by atoms with Crippen LogP contribution in [0.5, 0.6) is 0 Å². The van der Waals surface area contributed by atoms with E-state index in [0.29, 0.717) is 11.1 Å². The number of piperidine rings is 1. The SMILES string of the molecule is CSc1nnc(Nc2ncc(F)c(NC3CC(C)(C)N(C)C(C)(C)C3)n2)s1. The van der Waals surface area contributed by atoms with Gasteiger partial charge in [-0.05, 0) is 53.8 Å². The van der Waals surface area contributed by atoms with Gasteiger partial charge >= 0.3 is 0 Å². The van der Waals surface area contributed by atoms with Crippen molar-refractivity contribution in [2.75, 3.05) is 23.9 Å². The van der Waals surface area contributed by atoms with E-state index < -0.39 is 5.82 Å². The maximum atomic E-state index is 14.3. The molecule has 0 atom stereocenters. The summed E-state index contributed by atoms with van der Waals surface area (Å²) >= 11 is 2.92. The van der Waals surface area contributed by atoms with E-state index in [9.17, 15) is 4.39 Å². The average Bonchev–Trinajstić information content (AvgIpc) is 3.03. The predicted molar refractivity (Wildman–Crippen MR) is 110 cm³/mol. The van der Waals surface area contributed by atoms with Gasteiger partial charge in [-0.3, -0.25) is 10.2 Å². The fraction of sp³-hybridized carbons (Fsp3) is 0.647.